The number of aryl methyl sites for hydroxylation is 3. The predicted molar refractivity (Wildman–Crippen MR) is 133 cm³/mol. The Labute approximate surface area is 200 Å². The molecule has 0 aliphatic heterocycles. The molecule has 0 aliphatic rings. The Hall–Kier alpha value is -3.16. The summed E-state index contributed by atoms with van der Waals surface area (Å²) in [5, 5.41) is 4.55. The molecule has 1 amide bonds. The highest BCUT2D eigenvalue weighted by Crippen LogP contribution is 2.28. The lowest BCUT2D eigenvalue weighted by atomic mass is 10.1. The summed E-state index contributed by atoms with van der Waals surface area (Å²) in [5.74, 6) is -0.575. The van der Waals surface area contributed by atoms with Crippen LogP contribution in [0.5, 0.6) is 0 Å². The van der Waals surface area contributed by atoms with E-state index in [1.807, 2.05) is 45.0 Å². The summed E-state index contributed by atoms with van der Waals surface area (Å²) < 4.78 is 27.9. The molecule has 172 valence electrons. The van der Waals surface area contributed by atoms with Crippen LogP contribution in [0.3, 0.4) is 0 Å². The SMILES string of the molecule is C/C(=N/NC(=O)CN(c1ccc(C)c(Cl)c1)S(=O)(=O)c1ccc(C)cc1)c1ccc(C)cc1. The highest BCUT2D eigenvalue weighted by atomic mass is 35.5. The number of hydrazone groups is 1. The number of anilines is 1. The summed E-state index contributed by atoms with van der Waals surface area (Å²) in [5.41, 5.74) is 7.06. The maximum atomic E-state index is 13.4. The van der Waals surface area contributed by atoms with Gasteiger partial charge in [0.05, 0.1) is 16.3 Å². The first-order valence-corrected chi connectivity index (χ1v) is 12.2. The third-order valence-electron chi connectivity index (χ3n) is 5.16. The fraction of sp³-hybridized carbons (Fsp3) is 0.200. The molecule has 0 unspecified atom stereocenters. The van der Waals surface area contributed by atoms with Gasteiger partial charge < -0.3 is 0 Å². The number of rotatable bonds is 7. The summed E-state index contributed by atoms with van der Waals surface area (Å²) in [6.45, 7) is 6.99. The zero-order valence-corrected chi connectivity index (χ0v) is 20.5. The summed E-state index contributed by atoms with van der Waals surface area (Å²) in [6.07, 6.45) is 0. The fourth-order valence-corrected chi connectivity index (χ4v) is 4.65. The molecule has 0 aromatic heterocycles. The van der Waals surface area contributed by atoms with E-state index < -0.39 is 22.5 Å². The second kappa shape index (κ2) is 10.2. The van der Waals surface area contributed by atoms with E-state index in [2.05, 4.69) is 10.5 Å². The zero-order chi connectivity index (χ0) is 24.2. The lowest BCUT2D eigenvalue weighted by molar-refractivity contribution is -0.119. The number of sulfonamides is 1. The summed E-state index contributed by atoms with van der Waals surface area (Å²) in [4.78, 5) is 12.8. The van der Waals surface area contributed by atoms with Gasteiger partial charge in [0.15, 0.2) is 0 Å². The lowest BCUT2D eigenvalue weighted by Gasteiger charge is -2.24. The van der Waals surface area contributed by atoms with Gasteiger partial charge in [0.1, 0.15) is 6.54 Å². The highest BCUT2D eigenvalue weighted by molar-refractivity contribution is 7.92. The van der Waals surface area contributed by atoms with Crippen molar-refractivity contribution in [3.8, 4) is 0 Å². The molecule has 0 heterocycles. The Morgan fingerprint density at radius 1 is 0.939 bits per heavy atom. The zero-order valence-electron chi connectivity index (χ0n) is 19.0. The van der Waals surface area contributed by atoms with Crippen molar-refractivity contribution in [1.29, 1.82) is 0 Å². The third-order valence-corrected chi connectivity index (χ3v) is 7.35. The maximum absolute atomic E-state index is 13.4. The molecule has 0 aliphatic carbocycles. The first kappa shape index (κ1) is 24.5. The van der Waals surface area contributed by atoms with Gasteiger partial charge in [-0.2, -0.15) is 5.10 Å². The van der Waals surface area contributed by atoms with Crippen LogP contribution in [0, 0.1) is 20.8 Å². The molecule has 3 aromatic carbocycles. The van der Waals surface area contributed by atoms with Crippen molar-refractivity contribution in [2.45, 2.75) is 32.6 Å². The van der Waals surface area contributed by atoms with E-state index in [0.717, 1.165) is 26.6 Å². The van der Waals surface area contributed by atoms with E-state index in [0.29, 0.717) is 16.4 Å². The average molecular weight is 484 g/mol. The van der Waals surface area contributed by atoms with E-state index >= 15 is 0 Å². The lowest BCUT2D eigenvalue weighted by Crippen LogP contribution is -2.39. The second-order valence-electron chi connectivity index (χ2n) is 7.86. The number of nitrogens with zero attached hydrogens (tertiary/aromatic N) is 2. The predicted octanol–water partition coefficient (Wildman–Crippen LogP) is 5.00. The van der Waals surface area contributed by atoms with Crippen molar-refractivity contribution in [2.75, 3.05) is 10.8 Å². The molecule has 0 bridgehead atoms. The van der Waals surface area contributed by atoms with E-state index in [1.165, 1.54) is 18.2 Å². The van der Waals surface area contributed by atoms with Gasteiger partial charge >= 0.3 is 0 Å². The molecule has 0 saturated heterocycles. The number of halogens is 1. The van der Waals surface area contributed by atoms with E-state index in [9.17, 15) is 13.2 Å². The molecular weight excluding hydrogens is 458 g/mol. The van der Waals surface area contributed by atoms with Gasteiger partial charge in [0.25, 0.3) is 15.9 Å². The van der Waals surface area contributed by atoms with Gasteiger partial charge in [0, 0.05) is 5.02 Å². The summed E-state index contributed by atoms with van der Waals surface area (Å²) in [7, 11) is -4.03. The number of carbonyl (C=O) groups excluding carboxylic acids is 1. The van der Waals surface area contributed by atoms with Crippen LogP contribution in [-0.2, 0) is 14.8 Å². The van der Waals surface area contributed by atoms with Crippen LogP contribution in [0.15, 0.2) is 76.7 Å². The summed E-state index contributed by atoms with van der Waals surface area (Å²) >= 11 is 6.25. The van der Waals surface area contributed by atoms with Gasteiger partial charge in [-0.3, -0.25) is 9.10 Å². The van der Waals surface area contributed by atoms with Crippen molar-refractivity contribution in [1.82, 2.24) is 5.43 Å². The molecule has 3 rings (SSSR count). The molecule has 6 nitrogen and oxygen atoms in total. The molecule has 0 saturated carbocycles. The second-order valence-corrected chi connectivity index (χ2v) is 10.1. The fourth-order valence-electron chi connectivity index (χ4n) is 3.06. The van der Waals surface area contributed by atoms with Crippen LogP contribution in [-0.4, -0.2) is 26.6 Å². The van der Waals surface area contributed by atoms with Crippen LogP contribution in [0.4, 0.5) is 5.69 Å². The maximum Gasteiger partial charge on any atom is 0.264 e. The largest absolute Gasteiger partial charge is 0.271 e. The van der Waals surface area contributed by atoms with Crippen LogP contribution in [0.2, 0.25) is 5.02 Å². The monoisotopic (exact) mass is 483 g/mol. The Morgan fingerprint density at radius 2 is 1.52 bits per heavy atom. The smallest absolute Gasteiger partial charge is 0.264 e. The molecule has 3 aromatic rings. The number of nitrogens with one attached hydrogen (secondary N) is 1. The first-order chi connectivity index (χ1) is 15.6. The molecular formula is C25H26ClN3O3S. The van der Waals surface area contributed by atoms with Crippen LogP contribution in [0.25, 0.3) is 0 Å². The van der Waals surface area contributed by atoms with E-state index in [4.69, 9.17) is 11.6 Å². The molecule has 0 radical (unpaired) electrons. The van der Waals surface area contributed by atoms with Crippen molar-refractivity contribution in [3.05, 3.63) is 94.0 Å². The molecule has 8 heteroatoms. The number of hydrogen-bond acceptors (Lipinski definition) is 4. The van der Waals surface area contributed by atoms with Crippen LogP contribution in [0.1, 0.15) is 29.2 Å². The van der Waals surface area contributed by atoms with Gasteiger partial charge in [-0.25, -0.2) is 13.8 Å². The van der Waals surface area contributed by atoms with Gasteiger partial charge in [-0.15, -0.1) is 0 Å². The Kier molecular flexibility index (Phi) is 7.56. The average Bonchev–Trinajstić information content (AvgIpc) is 2.78. The minimum atomic E-state index is -4.03. The van der Waals surface area contributed by atoms with Gasteiger partial charge in [-0.05, 0) is 63.1 Å². The highest BCUT2D eigenvalue weighted by Gasteiger charge is 2.27. The molecule has 33 heavy (non-hydrogen) atoms. The number of hydrogen-bond donors (Lipinski definition) is 1. The standard InChI is InChI=1S/C25H26ClN3O3S/c1-17-5-10-21(11-6-17)20(4)27-28-25(30)16-29(22-12-9-19(3)24(26)15-22)33(31,32)23-13-7-18(2)8-14-23/h5-15H,16H2,1-4H3,(H,28,30)/b27-20-. The van der Waals surface area contributed by atoms with Gasteiger partial charge in [-0.1, -0.05) is 65.2 Å². The normalized spacial score (nSPS) is 11.8. The molecule has 1 N–H and O–H groups in total. The van der Waals surface area contributed by atoms with Crippen LogP contribution >= 0.6 is 11.6 Å². The minimum Gasteiger partial charge on any atom is -0.271 e. The van der Waals surface area contributed by atoms with Crippen molar-refractivity contribution in [2.24, 2.45) is 5.10 Å². The summed E-state index contributed by atoms with van der Waals surface area (Å²) in [6, 6.07) is 19.1. The molecule has 0 spiro atoms. The van der Waals surface area contributed by atoms with Crippen molar-refractivity contribution in [3.63, 3.8) is 0 Å². The topological polar surface area (TPSA) is 78.8 Å². The molecule has 0 atom stereocenters. The first-order valence-electron chi connectivity index (χ1n) is 10.3. The molecule has 0 fully saturated rings. The van der Waals surface area contributed by atoms with Crippen LogP contribution < -0.4 is 9.73 Å². The minimum absolute atomic E-state index is 0.0805. The number of amides is 1. The Morgan fingerprint density at radius 3 is 2.09 bits per heavy atom. The Bertz CT molecular complexity index is 1290. The number of carbonyl (C=O) groups is 1. The van der Waals surface area contributed by atoms with E-state index in [1.54, 1.807) is 31.2 Å². The van der Waals surface area contributed by atoms with Crippen molar-refractivity contribution < 1.29 is 13.2 Å². The van der Waals surface area contributed by atoms with E-state index in [-0.39, 0.29) is 4.90 Å². The third kappa shape index (κ3) is 6.00. The van der Waals surface area contributed by atoms with Crippen molar-refractivity contribution >= 4 is 38.9 Å². The Balaban J connectivity index is 1.90. The quantitative estimate of drug-likeness (QED) is 0.379. The van der Waals surface area contributed by atoms with Gasteiger partial charge in [0.2, 0.25) is 0 Å². The number of benzene rings is 3.